The van der Waals surface area contributed by atoms with E-state index in [1.807, 2.05) is 19.1 Å². The number of anilines is 1. The van der Waals surface area contributed by atoms with Crippen molar-refractivity contribution in [1.29, 1.82) is 0 Å². The smallest absolute Gasteiger partial charge is 0.335 e. The van der Waals surface area contributed by atoms with E-state index < -0.39 is 5.97 Å². The molecule has 2 aromatic rings. The van der Waals surface area contributed by atoms with E-state index in [-0.39, 0.29) is 5.56 Å². The van der Waals surface area contributed by atoms with E-state index in [1.54, 1.807) is 18.3 Å². The highest BCUT2D eigenvalue weighted by molar-refractivity contribution is 14.1. The topological polar surface area (TPSA) is 80.2 Å². The molecule has 138 valence electrons. The number of nitrogens with zero attached hydrogens (tertiary/aromatic N) is 1. The number of carboxylic acid groups (broad SMARTS) is 1. The minimum Gasteiger partial charge on any atom is -0.490 e. The molecule has 0 saturated heterocycles. The third-order valence-electron chi connectivity index (χ3n) is 3.30. The van der Waals surface area contributed by atoms with Gasteiger partial charge in [-0.05, 0) is 71.8 Å². The molecule has 0 unspecified atom stereocenters. The number of carbonyl (C=O) groups is 1. The number of halogens is 1. The number of benzene rings is 2. The number of aromatic carboxylic acids is 1. The first-order valence-electron chi connectivity index (χ1n) is 8.26. The van der Waals surface area contributed by atoms with E-state index in [9.17, 15) is 4.79 Å². The Morgan fingerprint density at radius 2 is 2.08 bits per heavy atom. The van der Waals surface area contributed by atoms with Gasteiger partial charge in [0.25, 0.3) is 0 Å². The maximum absolute atomic E-state index is 11.0. The van der Waals surface area contributed by atoms with Crippen molar-refractivity contribution in [3.63, 3.8) is 0 Å². The van der Waals surface area contributed by atoms with Gasteiger partial charge in [0.2, 0.25) is 0 Å². The number of hydrogen-bond acceptors (Lipinski definition) is 5. The second-order valence-electron chi connectivity index (χ2n) is 5.37. The van der Waals surface area contributed by atoms with Gasteiger partial charge in [0.1, 0.15) is 0 Å². The molecule has 2 aromatic carbocycles. The van der Waals surface area contributed by atoms with Crippen molar-refractivity contribution in [2.45, 2.75) is 20.3 Å². The van der Waals surface area contributed by atoms with Gasteiger partial charge in [-0.3, -0.25) is 5.43 Å². The number of carboxylic acids is 1. The second-order valence-corrected chi connectivity index (χ2v) is 6.53. The van der Waals surface area contributed by atoms with Gasteiger partial charge in [0, 0.05) is 0 Å². The predicted molar refractivity (Wildman–Crippen MR) is 111 cm³/mol. The summed E-state index contributed by atoms with van der Waals surface area (Å²) in [4.78, 5) is 11.0. The van der Waals surface area contributed by atoms with E-state index >= 15 is 0 Å². The van der Waals surface area contributed by atoms with Crippen LogP contribution in [0.15, 0.2) is 41.5 Å². The number of ether oxygens (including phenoxy) is 2. The highest BCUT2D eigenvalue weighted by Gasteiger charge is 2.11. The lowest BCUT2D eigenvalue weighted by atomic mass is 10.2. The highest BCUT2D eigenvalue weighted by Crippen LogP contribution is 2.34. The molecular weight excluding hydrogens is 447 g/mol. The van der Waals surface area contributed by atoms with Crippen molar-refractivity contribution >= 4 is 40.5 Å². The molecule has 0 bridgehead atoms. The number of nitrogens with one attached hydrogen (secondary N) is 1. The molecule has 0 aliphatic heterocycles. The summed E-state index contributed by atoms with van der Waals surface area (Å²) in [5.74, 6) is 0.451. The van der Waals surface area contributed by atoms with Crippen LogP contribution in [0.4, 0.5) is 5.69 Å². The molecule has 0 aliphatic carbocycles. The molecule has 0 aliphatic rings. The fraction of sp³-hybridized carbons (Fsp3) is 0.263. The molecule has 0 amide bonds. The standard InChI is InChI=1S/C19H21IN2O4/c1-3-8-26-18-16(20)9-13(10-17(18)25-4-2)12-21-22-15-7-5-6-14(11-15)19(23)24/h5-7,9-12,22H,3-4,8H2,1-2H3,(H,23,24)/b21-12-. The van der Waals surface area contributed by atoms with Gasteiger partial charge in [-0.15, -0.1) is 0 Å². The monoisotopic (exact) mass is 468 g/mol. The van der Waals surface area contributed by atoms with Crippen LogP contribution in [-0.2, 0) is 0 Å². The minimum absolute atomic E-state index is 0.204. The summed E-state index contributed by atoms with van der Waals surface area (Å²) < 4.78 is 12.4. The first kappa shape index (κ1) is 20.0. The molecule has 2 N–H and O–H groups in total. The predicted octanol–water partition coefficient (Wildman–Crippen LogP) is 4.62. The highest BCUT2D eigenvalue weighted by atomic mass is 127. The molecule has 0 fully saturated rings. The largest absolute Gasteiger partial charge is 0.490 e. The van der Waals surface area contributed by atoms with Crippen LogP contribution in [0.2, 0.25) is 0 Å². The molecule has 2 rings (SSSR count). The summed E-state index contributed by atoms with van der Waals surface area (Å²) >= 11 is 2.21. The van der Waals surface area contributed by atoms with Crippen LogP contribution in [0.3, 0.4) is 0 Å². The summed E-state index contributed by atoms with van der Waals surface area (Å²) in [6.45, 7) is 5.15. The van der Waals surface area contributed by atoms with Crippen molar-refractivity contribution in [3.8, 4) is 11.5 Å². The van der Waals surface area contributed by atoms with E-state index in [4.69, 9.17) is 14.6 Å². The van der Waals surface area contributed by atoms with E-state index in [2.05, 4.69) is 40.0 Å². The van der Waals surface area contributed by atoms with Gasteiger partial charge in [0.15, 0.2) is 11.5 Å². The minimum atomic E-state index is -0.976. The third kappa shape index (κ3) is 5.62. The summed E-state index contributed by atoms with van der Waals surface area (Å²) in [6.07, 6.45) is 2.58. The van der Waals surface area contributed by atoms with Gasteiger partial charge < -0.3 is 14.6 Å². The number of rotatable bonds is 9. The van der Waals surface area contributed by atoms with Crippen molar-refractivity contribution < 1.29 is 19.4 Å². The van der Waals surface area contributed by atoms with Gasteiger partial charge >= 0.3 is 5.97 Å². The van der Waals surface area contributed by atoms with Crippen LogP contribution in [0.25, 0.3) is 0 Å². The van der Waals surface area contributed by atoms with E-state index in [1.165, 1.54) is 12.1 Å². The number of hydrazone groups is 1. The Hall–Kier alpha value is -2.29. The van der Waals surface area contributed by atoms with Crippen molar-refractivity contribution in [1.82, 2.24) is 0 Å². The van der Waals surface area contributed by atoms with Crippen molar-refractivity contribution in [3.05, 3.63) is 51.1 Å². The van der Waals surface area contributed by atoms with Crippen LogP contribution >= 0.6 is 22.6 Å². The van der Waals surface area contributed by atoms with Gasteiger partial charge in [-0.25, -0.2) is 4.79 Å². The Kier molecular flexibility index (Phi) is 7.71. The van der Waals surface area contributed by atoms with Crippen molar-refractivity contribution in [2.24, 2.45) is 5.10 Å². The summed E-state index contributed by atoms with van der Waals surface area (Å²) in [5.41, 5.74) is 4.50. The molecule has 26 heavy (non-hydrogen) atoms. The maximum Gasteiger partial charge on any atom is 0.335 e. The lowest BCUT2D eigenvalue weighted by molar-refractivity contribution is 0.0697. The van der Waals surface area contributed by atoms with Crippen LogP contribution < -0.4 is 14.9 Å². The Morgan fingerprint density at radius 3 is 2.77 bits per heavy atom. The SMILES string of the molecule is CCCOc1c(I)cc(/C=N\Nc2cccc(C(=O)O)c2)cc1OCC. The van der Waals surface area contributed by atoms with E-state index in [0.29, 0.717) is 24.7 Å². The summed E-state index contributed by atoms with van der Waals surface area (Å²) in [6, 6.07) is 10.3. The maximum atomic E-state index is 11.0. The zero-order chi connectivity index (χ0) is 18.9. The molecule has 0 saturated carbocycles. The van der Waals surface area contributed by atoms with E-state index in [0.717, 1.165) is 21.3 Å². The molecular formula is C19H21IN2O4. The fourth-order valence-corrected chi connectivity index (χ4v) is 2.95. The molecule has 0 radical (unpaired) electrons. The zero-order valence-electron chi connectivity index (χ0n) is 14.7. The molecule has 0 aromatic heterocycles. The lowest BCUT2D eigenvalue weighted by Gasteiger charge is -2.14. The lowest BCUT2D eigenvalue weighted by Crippen LogP contribution is -2.03. The molecule has 7 heteroatoms. The first-order chi connectivity index (χ1) is 12.5. The molecule has 0 spiro atoms. The normalized spacial score (nSPS) is 10.7. The average Bonchev–Trinajstić information content (AvgIpc) is 2.61. The fourth-order valence-electron chi connectivity index (χ4n) is 2.17. The molecule has 0 heterocycles. The van der Waals surface area contributed by atoms with Gasteiger partial charge in [0.05, 0.1) is 34.2 Å². The quantitative estimate of drug-likeness (QED) is 0.319. The Balaban J connectivity index is 2.16. The van der Waals surface area contributed by atoms with Gasteiger partial charge in [-0.1, -0.05) is 13.0 Å². The Morgan fingerprint density at radius 1 is 1.27 bits per heavy atom. The first-order valence-corrected chi connectivity index (χ1v) is 9.34. The Labute approximate surface area is 166 Å². The Bertz CT molecular complexity index is 793. The second kappa shape index (κ2) is 10.0. The molecule has 6 nitrogen and oxygen atoms in total. The zero-order valence-corrected chi connectivity index (χ0v) is 16.8. The number of hydrogen-bond donors (Lipinski definition) is 2. The van der Waals surface area contributed by atoms with Crippen LogP contribution in [-0.4, -0.2) is 30.5 Å². The summed E-state index contributed by atoms with van der Waals surface area (Å²) in [5, 5.41) is 13.2. The third-order valence-corrected chi connectivity index (χ3v) is 4.10. The van der Waals surface area contributed by atoms with Crippen LogP contribution in [0, 0.1) is 3.57 Å². The summed E-state index contributed by atoms with van der Waals surface area (Å²) in [7, 11) is 0. The average molecular weight is 468 g/mol. The van der Waals surface area contributed by atoms with Crippen LogP contribution in [0.1, 0.15) is 36.2 Å². The van der Waals surface area contributed by atoms with Crippen molar-refractivity contribution in [2.75, 3.05) is 18.6 Å². The molecule has 0 atom stereocenters. The van der Waals surface area contributed by atoms with Gasteiger partial charge in [-0.2, -0.15) is 5.10 Å². The van der Waals surface area contributed by atoms with Crippen LogP contribution in [0.5, 0.6) is 11.5 Å².